The molecule has 2 heterocycles. The molecule has 0 saturated heterocycles. The normalized spacial score (nSPS) is 16.1. The van der Waals surface area contributed by atoms with Crippen LogP contribution in [0.5, 0.6) is 0 Å². The topological polar surface area (TPSA) is 85.6 Å². The minimum absolute atomic E-state index is 0.0915. The van der Waals surface area contributed by atoms with Crippen molar-refractivity contribution in [3.8, 4) is 0 Å². The first-order valence-corrected chi connectivity index (χ1v) is 8.14. The molecule has 6 nitrogen and oxygen atoms in total. The minimum Gasteiger partial charge on any atom is -0.545 e. The lowest BCUT2D eigenvalue weighted by molar-refractivity contribution is -0.255. The molecule has 0 unspecified atom stereocenters. The molecule has 0 spiro atoms. The highest BCUT2D eigenvalue weighted by molar-refractivity contribution is 6.01. The zero-order valence-corrected chi connectivity index (χ0v) is 13.7. The second-order valence-corrected chi connectivity index (χ2v) is 6.01. The molecular formula is C20H15N2O4-. The Morgan fingerprint density at radius 1 is 1.08 bits per heavy atom. The highest BCUT2D eigenvalue weighted by atomic mass is 16.4. The molecule has 1 aliphatic rings. The summed E-state index contributed by atoms with van der Waals surface area (Å²) in [7, 11) is 0. The van der Waals surface area contributed by atoms with Crippen molar-refractivity contribution in [1.29, 1.82) is 0 Å². The third kappa shape index (κ3) is 2.82. The molecule has 3 aromatic rings. The van der Waals surface area contributed by atoms with E-state index < -0.39 is 12.1 Å². The van der Waals surface area contributed by atoms with Gasteiger partial charge in [0.2, 0.25) is 0 Å². The van der Waals surface area contributed by atoms with Crippen LogP contribution in [0.2, 0.25) is 0 Å². The van der Waals surface area contributed by atoms with Crippen LogP contribution in [0.1, 0.15) is 38.2 Å². The number of para-hydroxylation sites is 1. The number of anilines is 1. The Labute approximate surface area is 149 Å². The summed E-state index contributed by atoms with van der Waals surface area (Å²) in [6.45, 7) is 0.292. The number of fused-ring (bicyclic) bond motifs is 1. The average Bonchev–Trinajstić information content (AvgIpc) is 3.17. The number of hydrogen-bond acceptors (Lipinski definition) is 5. The second kappa shape index (κ2) is 6.40. The van der Waals surface area contributed by atoms with Crippen molar-refractivity contribution < 1.29 is 19.1 Å². The summed E-state index contributed by atoms with van der Waals surface area (Å²) >= 11 is 0. The number of benzene rings is 2. The van der Waals surface area contributed by atoms with Crippen molar-refractivity contribution in [2.75, 3.05) is 5.32 Å². The maximum absolute atomic E-state index is 13.0. The summed E-state index contributed by atoms with van der Waals surface area (Å²) < 4.78 is 5.40. The molecule has 6 heteroatoms. The fourth-order valence-electron chi connectivity index (χ4n) is 3.09. The number of hydrogen-bond donors (Lipinski definition) is 1. The number of amides is 1. The molecule has 26 heavy (non-hydrogen) atoms. The summed E-state index contributed by atoms with van der Waals surface area (Å²) in [6.07, 6.45) is 1.12. The molecule has 2 aromatic carbocycles. The summed E-state index contributed by atoms with van der Waals surface area (Å²) in [5.74, 6) is -0.692. The average molecular weight is 347 g/mol. The summed E-state index contributed by atoms with van der Waals surface area (Å²) in [4.78, 5) is 25.7. The number of aromatic carboxylic acids is 1. The van der Waals surface area contributed by atoms with Gasteiger partial charge in [-0.15, -0.1) is 0 Å². The lowest BCUT2D eigenvalue weighted by atomic mass is 10.0. The zero-order valence-electron chi connectivity index (χ0n) is 13.7. The third-order valence-electron chi connectivity index (χ3n) is 4.39. The Morgan fingerprint density at radius 2 is 1.85 bits per heavy atom. The minimum atomic E-state index is -1.23. The fraction of sp³-hybridized carbons (Fsp3) is 0.100. The van der Waals surface area contributed by atoms with Gasteiger partial charge in [0.1, 0.15) is 11.9 Å². The van der Waals surface area contributed by atoms with Gasteiger partial charge in [-0.1, -0.05) is 36.4 Å². The standard InChI is InChI=1S/C20H16N2O4/c23-19-16-5-1-2-6-17(16)21-18(22(19)12-15-4-3-11-26-15)13-7-9-14(10-8-13)20(24)25/h1-11,18,21H,12H2,(H,24,25)/p-1/t18-/m1/s1. The number of carboxylic acid groups (broad SMARTS) is 1. The molecule has 0 aliphatic carbocycles. The molecule has 0 saturated carbocycles. The van der Waals surface area contributed by atoms with E-state index in [-0.39, 0.29) is 11.5 Å². The van der Waals surface area contributed by atoms with Crippen LogP contribution in [0.25, 0.3) is 0 Å². The first-order valence-electron chi connectivity index (χ1n) is 8.14. The Bertz CT molecular complexity index is 948. The number of nitrogens with one attached hydrogen (secondary N) is 1. The van der Waals surface area contributed by atoms with Crippen LogP contribution in [-0.4, -0.2) is 16.8 Å². The molecule has 1 N–H and O–H groups in total. The number of carboxylic acids is 1. The van der Waals surface area contributed by atoms with E-state index in [0.29, 0.717) is 17.9 Å². The van der Waals surface area contributed by atoms with Crippen LogP contribution in [0.4, 0.5) is 5.69 Å². The van der Waals surface area contributed by atoms with Crippen molar-refractivity contribution in [1.82, 2.24) is 4.90 Å². The third-order valence-corrected chi connectivity index (χ3v) is 4.39. The zero-order chi connectivity index (χ0) is 18.1. The number of carbonyl (C=O) groups is 2. The first-order chi connectivity index (χ1) is 12.6. The van der Waals surface area contributed by atoms with E-state index in [1.54, 1.807) is 35.4 Å². The number of rotatable bonds is 4. The van der Waals surface area contributed by atoms with E-state index in [0.717, 1.165) is 11.3 Å². The van der Waals surface area contributed by atoms with Gasteiger partial charge in [0.05, 0.1) is 24.3 Å². The maximum Gasteiger partial charge on any atom is 0.258 e. The van der Waals surface area contributed by atoms with Crippen molar-refractivity contribution in [3.63, 3.8) is 0 Å². The lowest BCUT2D eigenvalue weighted by Crippen LogP contribution is -2.42. The number of nitrogens with zero attached hydrogens (tertiary/aromatic N) is 1. The monoisotopic (exact) mass is 347 g/mol. The molecule has 130 valence electrons. The molecule has 1 aromatic heterocycles. The Hall–Kier alpha value is -3.54. The van der Waals surface area contributed by atoms with Crippen LogP contribution < -0.4 is 10.4 Å². The van der Waals surface area contributed by atoms with Gasteiger partial charge in [0.15, 0.2) is 0 Å². The fourth-order valence-corrected chi connectivity index (χ4v) is 3.09. The van der Waals surface area contributed by atoms with Gasteiger partial charge in [-0.05, 0) is 35.4 Å². The van der Waals surface area contributed by atoms with E-state index in [9.17, 15) is 14.7 Å². The van der Waals surface area contributed by atoms with Crippen molar-refractivity contribution >= 4 is 17.6 Å². The Kier molecular flexibility index (Phi) is 3.93. The van der Waals surface area contributed by atoms with Gasteiger partial charge in [-0.25, -0.2) is 0 Å². The van der Waals surface area contributed by atoms with Crippen LogP contribution in [0.15, 0.2) is 71.3 Å². The van der Waals surface area contributed by atoms with E-state index in [1.165, 1.54) is 12.1 Å². The quantitative estimate of drug-likeness (QED) is 0.783. The van der Waals surface area contributed by atoms with E-state index >= 15 is 0 Å². The van der Waals surface area contributed by atoms with E-state index in [2.05, 4.69) is 5.32 Å². The summed E-state index contributed by atoms with van der Waals surface area (Å²) in [5.41, 5.74) is 2.18. The molecular weight excluding hydrogens is 332 g/mol. The Balaban J connectivity index is 1.74. The molecule has 0 fully saturated rings. The maximum atomic E-state index is 13.0. The number of carbonyl (C=O) groups excluding carboxylic acids is 2. The second-order valence-electron chi connectivity index (χ2n) is 6.01. The van der Waals surface area contributed by atoms with Gasteiger partial charge in [0.25, 0.3) is 5.91 Å². The van der Waals surface area contributed by atoms with Crippen molar-refractivity contribution in [3.05, 3.63) is 89.4 Å². The molecule has 0 radical (unpaired) electrons. The van der Waals surface area contributed by atoms with Gasteiger partial charge in [-0.2, -0.15) is 0 Å². The predicted octanol–water partition coefficient (Wildman–Crippen LogP) is 2.41. The largest absolute Gasteiger partial charge is 0.545 e. The van der Waals surface area contributed by atoms with Gasteiger partial charge in [0, 0.05) is 5.69 Å². The molecule has 4 rings (SSSR count). The van der Waals surface area contributed by atoms with Crippen LogP contribution >= 0.6 is 0 Å². The molecule has 1 aliphatic heterocycles. The molecule has 0 bridgehead atoms. The van der Waals surface area contributed by atoms with Crippen LogP contribution in [0.3, 0.4) is 0 Å². The smallest absolute Gasteiger partial charge is 0.258 e. The SMILES string of the molecule is O=C([O-])c1ccc([C@@H]2Nc3ccccc3C(=O)N2Cc2ccco2)cc1. The van der Waals surface area contributed by atoms with Crippen molar-refractivity contribution in [2.45, 2.75) is 12.7 Å². The predicted molar refractivity (Wildman–Crippen MR) is 92.2 cm³/mol. The summed E-state index contributed by atoms with van der Waals surface area (Å²) in [6, 6.07) is 17.2. The molecule has 1 atom stereocenters. The molecule has 1 amide bonds. The first kappa shape index (κ1) is 16.0. The highest BCUT2D eigenvalue weighted by Crippen LogP contribution is 2.34. The van der Waals surface area contributed by atoms with Gasteiger partial charge in [-0.3, -0.25) is 4.79 Å². The van der Waals surface area contributed by atoms with Gasteiger partial charge < -0.3 is 24.5 Å². The van der Waals surface area contributed by atoms with Crippen LogP contribution in [-0.2, 0) is 6.54 Å². The highest BCUT2D eigenvalue weighted by Gasteiger charge is 2.33. The van der Waals surface area contributed by atoms with Crippen molar-refractivity contribution in [2.24, 2.45) is 0 Å². The van der Waals surface area contributed by atoms with Crippen LogP contribution in [0, 0.1) is 0 Å². The van der Waals surface area contributed by atoms with E-state index in [1.807, 2.05) is 24.3 Å². The Morgan fingerprint density at radius 3 is 2.54 bits per heavy atom. The van der Waals surface area contributed by atoms with Gasteiger partial charge >= 0.3 is 0 Å². The number of furan rings is 1. The lowest BCUT2D eigenvalue weighted by Gasteiger charge is -2.37. The van der Waals surface area contributed by atoms with E-state index in [4.69, 9.17) is 4.42 Å². The summed E-state index contributed by atoms with van der Waals surface area (Å²) in [5, 5.41) is 14.3.